The molecular weight excluding hydrogens is 412 g/mol. The Morgan fingerprint density at radius 1 is 0.875 bits per heavy atom. The molecule has 1 fully saturated rings. The van der Waals surface area contributed by atoms with E-state index in [1.54, 1.807) is 0 Å². The van der Waals surface area contributed by atoms with Gasteiger partial charge in [-0.1, -0.05) is 46.0 Å². The summed E-state index contributed by atoms with van der Waals surface area (Å²) in [5.41, 5.74) is -0.619. The van der Waals surface area contributed by atoms with Gasteiger partial charge in [0.05, 0.1) is 12.2 Å². The number of carbonyl (C=O) groups excluding carboxylic acids is 2. The van der Waals surface area contributed by atoms with E-state index in [9.17, 15) is 9.59 Å². The van der Waals surface area contributed by atoms with Crippen molar-refractivity contribution in [1.82, 2.24) is 0 Å². The van der Waals surface area contributed by atoms with Crippen LogP contribution in [0.1, 0.15) is 85.5 Å². The van der Waals surface area contributed by atoms with Crippen LogP contribution in [0.4, 0.5) is 0 Å². The zero-order valence-corrected chi connectivity index (χ0v) is 19.9. The molecule has 0 N–H and O–H groups in total. The highest BCUT2D eigenvalue weighted by atomic mass is 16.6. The summed E-state index contributed by atoms with van der Waals surface area (Å²) in [6.45, 7) is 8.24. The number of hydrogen-bond donors (Lipinski definition) is 0. The van der Waals surface area contributed by atoms with E-state index >= 15 is 0 Å². The summed E-state index contributed by atoms with van der Waals surface area (Å²) in [7, 11) is 0. The molecule has 4 atom stereocenters. The molecule has 0 aromatic carbocycles. The van der Waals surface area contributed by atoms with Gasteiger partial charge in [-0.15, -0.1) is 0 Å². The molecule has 32 heavy (non-hydrogen) atoms. The second-order valence-electron chi connectivity index (χ2n) is 9.24. The van der Waals surface area contributed by atoms with E-state index in [0.717, 1.165) is 57.8 Å². The van der Waals surface area contributed by atoms with Crippen molar-refractivity contribution in [2.24, 2.45) is 15.4 Å². The molecule has 3 aliphatic rings. The maximum Gasteiger partial charge on any atom is 0.334 e. The summed E-state index contributed by atoms with van der Waals surface area (Å²) >= 11 is 0. The first kappa shape index (κ1) is 24.5. The zero-order chi connectivity index (χ0) is 23.1. The minimum atomic E-state index is -0.666. The van der Waals surface area contributed by atoms with Crippen LogP contribution in [-0.4, -0.2) is 61.2 Å². The Kier molecular flexibility index (Phi) is 8.54. The SMILES string of the molecule is CCCC(C)OC(=O)[C@H]1COC(C2(C3=N[C@@H](C(=O)OC(C)CCC)CO3)CCCCC2)=N1. The lowest BCUT2D eigenvalue weighted by Gasteiger charge is -2.35. The topological polar surface area (TPSA) is 95.8 Å². The fourth-order valence-corrected chi connectivity index (χ4v) is 4.67. The van der Waals surface area contributed by atoms with Crippen molar-refractivity contribution in [3.8, 4) is 0 Å². The second-order valence-corrected chi connectivity index (χ2v) is 9.24. The number of ether oxygens (including phenoxy) is 4. The molecule has 0 spiro atoms. The fraction of sp³-hybridized carbons (Fsp3) is 0.833. The lowest BCUT2D eigenvalue weighted by Crippen LogP contribution is -2.41. The van der Waals surface area contributed by atoms with Crippen LogP contribution < -0.4 is 0 Å². The first-order valence-corrected chi connectivity index (χ1v) is 12.2. The Morgan fingerprint density at radius 2 is 1.31 bits per heavy atom. The molecule has 180 valence electrons. The minimum absolute atomic E-state index is 0.139. The number of esters is 2. The van der Waals surface area contributed by atoms with Gasteiger partial charge >= 0.3 is 11.9 Å². The van der Waals surface area contributed by atoms with Gasteiger partial charge in [-0.2, -0.15) is 0 Å². The molecule has 0 aromatic rings. The van der Waals surface area contributed by atoms with Crippen LogP contribution in [0.25, 0.3) is 0 Å². The molecule has 2 unspecified atom stereocenters. The van der Waals surface area contributed by atoms with Crippen molar-refractivity contribution >= 4 is 23.7 Å². The van der Waals surface area contributed by atoms with Crippen LogP contribution in [-0.2, 0) is 28.5 Å². The average molecular weight is 451 g/mol. The molecule has 0 aromatic heterocycles. The van der Waals surface area contributed by atoms with Gasteiger partial charge in [0.2, 0.25) is 0 Å². The van der Waals surface area contributed by atoms with E-state index in [-0.39, 0.29) is 37.4 Å². The molecule has 3 rings (SSSR count). The molecule has 0 radical (unpaired) electrons. The van der Waals surface area contributed by atoms with Crippen LogP contribution in [0.15, 0.2) is 9.98 Å². The van der Waals surface area contributed by atoms with Crippen LogP contribution in [0.2, 0.25) is 0 Å². The van der Waals surface area contributed by atoms with Crippen molar-refractivity contribution in [3.05, 3.63) is 0 Å². The Morgan fingerprint density at radius 3 is 1.72 bits per heavy atom. The average Bonchev–Trinajstić information content (AvgIpc) is 3.45. The maximum atomic E-state index is 12.5. The van der Waals surface area contributed by atoms with E-state index < -0.39 is 17.5 Å². The van der Waals surface area contributed by atoms with E-state index in [1.165, 1.54) is 0 Å². The van der Waals surface area contributed by atoms with Crippen molar-refractivity contribution in [2.75, 3.05) is 13.2 Å². The number of aliphatic imine (C=N–C) groups is 2. The van der Waals surface area contributed by atoms with Gasteiger partial charge in [-0.25, -0.2) is 19.6 Å². The molecule has 8 heteroatoms. The molecule has 1 saturated carbocycles. The Balaban J connectivity index is 1.74. The molecule has 0 amide bonds. The number of nitrogens with zero attached hydrogens (tertiary/aromatic N) is 2. The minimum Gasteiger partial charge on any atom is -0.477 e. The van der Waals surface area contributed by atoms with Gasteiger partial charge in [-0.05, 0) is 39.5 Å². The van der Waals surface area contributed by atoms with Crippen LogP contribution in [0, 0.1) is 5.41 Å². The lowest BCUT2D eigenvalue weighted by atomic mass is 9.73. The highest BCUT2D eigenvalue weighted by Gasteiger charge is 2.50. The summed E-state index contributed by atoms with van der Waals surface area (Å²) in [6.07, 6.45) is 7.88. The molecule has 8 nitrogen and oxygen atoms in total. The standard InChI is InChI=1S/C24H38N2O6/c1-5-10-16(3)31-20(27)18-14-29-22(25-18)24(12-8-7-9-13-24)23-26-19(15-30-23)21(28)32-17(4)11-6-2/h16-19H,5-15H2,1-4H3/t16?,17?,18-,19-/m1/s1. The maximum absolute atomic E-state index is 12.5. The number of rotatable bonds is 10. The van der Waals surface area contributed by atoms with Crippen molar-refractivity contribution in [3.63, 3.8) is 0 Å². The highest BCUT2D eigenvalue weighted by molar-refractivity contribution is 6.08. The summed E-state index contributed by atoms with van der Waals surface area (Å²) < 4.78 is 22.9. The predicted molar refractivity (Wildman–Crippen MR) is 121 cm³/mol. The first-order valence-electron chi connectivity index (χ1n) is 12.2. The fourth-order valence-electron chi connectivity index (χ4n) is 4.67. The Hall–Kier alpha value is -2.12. The van der Waals surface area contributed by atoms with Crippen molar-refractivity contribution in [1.29, 1.82) is 0 Å². The van der Waals surface area contributed by atoms with Gasteiger partial charge in [0.1, 0.15) is 18.6 Å². The summed E-state index contributed by atoms with van der Waals surface area (Å²) in [5.74, 6) is 0.281. The summed E-state index contributed by atoms with van der Waals surface area (Å²) in [6, 6.07) is -1.33. The molecule has 0 saturated heterocycles. The predicted octanol–water partition coefficient (Wildman–Crippen LogP) is 4.00. The van der Waals surface area contributed by atoms with Crippen molar-refractivity contribution < 1.29 is 28.5 Å². The molecule has 2 heterocycles. The van der Waals surface area contributed by atoms with E-state index in [0.29, 0.717) is 11.8 Å². The van der Waals surface area contributed by atoms with Gasteiger partial charge in [0, 0.05) is 0 Å². The highest BCUT2D eigenvalue weighted by Crippen LogP contribution is 2.43. The number of hydrogen-bond acceptors (Lipinski definition) is 8. The van der Waals surface area contributed by atoms with E-state index in [4.69, 9.17) is 18.9 Å². The van der Waals surface area contributed by atoms with Gasteiger partial charge in [0.25, 0.3) is 0 Å². The Labute approximate surface area is 191 Å². The molecular formula is C24H38N2O6. The quantitative estimate of drug-likeness (QED) is 0.467. The van der Waals surface area contributed by atoms with E-state index in [2.05, 4.69) is 23.8 Å². The summed E-state index contributed by atoms with van der Waals surface area (Å²) in [4.78, 5) is 34.4. The van der Waals surface area contributed by atoms with Crippen LogP contribution in [0.5, 0.6) is 0 Å². The van der Waals surface area contributed by atoms with Gasteiger partial charge in [-0.3, -0.25) is 0 Å². The molecule has 2 aliphatic heterocycles. The van der Waals surface area contributed by atoms with Crippen LogP contribution >= 0.6 is 0 Å². The lowest BCUT2D eigenvalue weighted by molar-refractivity contribution is -0.151. The smallest absolute Gasteiger partial charge is 0.334 e. The molecule has 0 bridgehead atoms. The van der Waals surface area contributed by atoms with Crippen LogP contribution in [0.3, 0.4) is 0 Å². The van der Waals surface area contributed by atoms with Crippen molar-refractivity contribution in [2.45, 2.75) is 110 Å². The third kappa shape index (κ3) is 5.62. The molecule has 1 aliphatic carbocycles. The third-order valence-electron chi connectivity index (χ3n) is 6.40. The van der Waals surface area contributed by atoms with Gasteiger partial charge in [0.15, 0.2) is 23.9 Å². The first-order chi connectivity index (χ1) is 15.4. The summed E-state index contributed by atoms with van der Waals surface area (Å²) in [5, 5.41) is 0. The second kappa shape index (κ2) is 11.1. The number of carbonyl (C=O) groups is 2. The monoisotopic (exact) mass is 450 g/mol. The Bertz CT molecular complexity index is 674. The third-order valence-corrected chi connectivity index (χ3v) is 6.40. The largest absolute Gasteiger partial charge is 0.477 e. The normalized spacial score (nSPS) is 26.2. The zero-order valence-electron chi connectivity index (χ0n) is 19.9. The van der Waals surface area contributed by atoms with Gasteiger partial charge < -0.3 is 18.9 Å². The van der Waals surface area contributed by atoms with E-state index in [1.807, 2.05) is 13.8 Å².